The Morgan fingerprint density at radius 3 is 2.18 bits per heavy atom. The minimum absolute atomic E-state index is 0.116. The minimum Gasteiger partial charge on any atom is -0.366 e. The zero-order valence-corrected chi connectivity index (χ0v) is 7.59. The van der Waals surface area contributed by atoms with Gasteiger partial charge in [-0.1, -0.05) is 6.08 Å². The van der Waals surface area contributed by atoms with Crippen LogP contribution in [-0.4, -0.2) is 30.4 Å². The third-order valence-electron chi connectivity index (χ3n) is 1.81. The van der Waals surface area contributed by atoms with Crippen molar-refractivity contribution >= 4 is 5.91 Å². The van der Waals surface area contributed by atoms with Gasteiger partial charge in [-0.15, -0.1) is 0 Å². The predicted molar refractivity (Wildman–Crippen MR) is 46.1 cm³/mol. The van der Waals surface area contributed by atoms with Gasteiger partial charge in [0, 0.05) is 11.6 Å². The first kappa shape index (κ1) is 10.2. The average molecular weight is 156 g/mol. The molecule has 0 aliphatic carbocycles. The summed E-state index contributed by atoms with van der Waals surface area (Å²) in [5.74, 6) is -0.403. The third-order valence-corrected chi connectivity index (χ3v) is 1.81. The van der Waals surface area contributed by atoms with Crippen LogP contribution in [0.15, 0.2) is 12.2 Å². The van der Waals surface area contributed by atoms with Crippen molar-refractivity contribution in [2.75, 3.05) is 14.1 Å². The van der Waals surface area contributed by atoms with E-state index in [0.717, 1.165) is 0 Å². The first-order valence-electron chi connectivity index (χ1n) is 3.52. The molecule has 3 heteroatoms. The van der Waals surface area contributed by atoms with Crippen molar-refractivity contribution in [2.45, 2.75) is 19.4 Å². The molecule has 0 aliphatic heterocycles. The molecule has 0 aliphatic rings. The molecule has 0 saturated heterocycles. The summed E-state index contributed by atoms with van der Waals surface area (Å²) in [7, 11) is 3.90. The summed E-state index contributed by atoms with van der Waals surface area (Å²) in [4.78, 5) is 12.4. The van der Waals surface area contributed by atoms with Crippen LogP contribution >= 0.6 is 0 Å². The quantitative estimate of drug-likeness (QED) is 0.600. The van der Waals surface area contributed by atoms with E-state index in [0.29, 0.717) is 0 Å². The first-order valence-corrected chi connectivity index (χ1v) is 3.52. The molecule has 1 amide bonds. The van der Waals surface area contributed by atoms with Crippen LogP contribution in [-0.2, 0) is 4.79 Å². The van der Waals surface area contributed by atoms with Gasteiger partial charge in [0.05, 0.1) is 0 Å². The van der Waals surface area contributed by atoms with Gasteiger partial charge in [0.25, 0.3) is 0 Å². The number of amides is 1. The number of rotatable bonds is 3. The summed E-state index contributed by atoms with van der Waals surface area (Å²) >= 11 is 0. The summed E-state index contributed by atoms with van der Waals surface area (Å²) < 4.78 is 0. The molecule has 0 atom stereocenters. The van der Waals surface area contributed by atoms with Crippen LogP contribution < -0.4 is 5.73 Å². The van der Waals surface area contributed by atoms with E-state index >= 15 is 0 Å². The number of carbonyl (C=O) groups is 1. The number of hydrogen-bond donors (Lipinski definition) is 1. The lowest BCUT2D eigenvalue weighted by molar-refractivity contribution is -0.113. The van der Waals surface area contributed by atoms with E-state index in [4.69, 9.17) is 5.73 Å². The molecule has 0 bridgehead atoms. The van der Waals surface area contributed by atoms with Gasteiger partial charge in [-0.25, -0.2) is 0 Å². The summed E-state index contributed by atoms with van der Waals surface area (Å²) in [6.45, 7) is 4.01. The Bertz CT molecular complexity index is 171. The van der Waals surface area contributed by atoms with Crippen LogP contribution in [0.1, 0.15) is 13.8 Å². The second-order valence-corrected chi connectivity index (χ2v) is 3.28. The second kappa shape index (κ2) is 3.53. The summed E-state index contributed by atoms with van der Waals surface area (Å²) in [6, 6.07) is 0. The number of nitrogens with two attached hydrogens (primary N) is 1. The molecule has 0 unspecified atom stereocenters. The number of primary amides is 1. The molecule has 0 saturated carbocycles. The maximum Gasteiger partial charge on any atom is 0.241 e. The van der Waals surface area contributed by atoms with E-state index in [1.807, 2.05) is 32.8 Å². The number of carbonyl (C=O) groups excluding carboxylic acids is 1. The summed E-state index contributed by atoms with van der Waals surface area (Å²) in [6.07, 6.45) is 3.18. The van der Waals surface area contributed by atoms with E-state index in [1.54, 1.807) is 6.08 Å². The normalized spacial score (nSPS) is 12.8. The molecular formula is C8H16N2O. The van der Waals surface area contributed by atoms with Gasteiger partial charge in [-0.05, 0) is 27.9 Å². The zero-order chi connectivity index (χ0) is 9.07. The van der Waals surface area contributed by atoms with Crippen molar-refractivity contribution in [2.24, 2.45) is 5.73 Å². The highest BCUT2D eigenvalue weighted by atomic mass is 16.1. The summed E-state index contributed by atoms with van der Waals surface area (Å²) in [5, 5.41) is 0. The molecule has 64 valence electrons. The Kier molecular flexibility index (Phi) is 3.26. The third kappa shape index (κ3) is 3.78. The maximum atomic E-state index is 10.4. The van der Waals surface area contributed by atoms with E-state index < -0.39 is 5.91 Å². The monoisotopic (exact) mass is 156 g/mol. The van der Waals surface area contributed by atoms with E-state index in [2.05, 4.69) is 0 Å². The van der Waals surface area contributed by atoms with Gasteiger partial charge in [-0.2, -0.15) is 0 Å². The fourth-order valence-corrected chi connectivity index (χ4v) is 0.435. The lowest BCUT2D eigenvalue weighted by Gasteiger charge is -2.28. The van der Waals surface area contributed by atoms with Crippen LogP contribution in [0.2, 0.25) is 0 Å². The van der Waals surface area contributed by atoms with Crippen LogP contribution in [0.5, 0.6) is 0 Å². The lowest BCUT2D eigenvalue weighted by Crippen LogP contribution is -2.36. The summed E-state index contributed by atoms with van der Waals surface area (Å²) in [5.41, 5.74) is 4.84. The number of nitrogens with zero attached hydrogens (tertiary/aromatic N) is 1. The van der Waals surface area contributed by atoms with Crippen molar-refractivity contribution in [1.82, 2.24) is 4.90 Å². The molecule has 0 aromatic rings. The fourth-order valence-electron chi connectivity index (χ4n) is 0.435. The van der Waals surface area contributed by atoms with Crippen LogP contribution in [0.25, 0.3) is 0 Å². The maximum absolute atomic E-state index is 10.4. The SMILES string of the molecule is CN(C)C(C)(C)/C=C/C(N)=O. The Balaban J connectivity index is 4.23. The Labute approximate surface area is 67.9 Å². The van der Waals surface area contributed by atoms with Crippen molar-refractivity contribution in [3.05, 3.63) is 12.2 Å². The van der Waals surface area contributed by atoms with Gasteiger partial charge >= 0.3 is 0 Å². The Hall–Kier alpha value is -0.830. The molecule has 0 heterocycles. The lowest BCUT2D eigenvalue weighted by atomic mass is 10.0. The highest BCUT2D eigenvalue weighted by molar-refractivity contribution is 5.85. The number of hydrogen-bond acceptors (Lipinski definition) is 2. The minimum atomic E-state index is -0.403. The Morgan fingerprint density at radius 2 is 1.91 bits per heavy atom. The zero-order valence-electron chi connectivity index (χ0n) is 7.59. The molecule has 0 spiro atoms. The van der Waals surface area contributed by atoms with Crippen molar-refractivity contribution in [3.8, 4) is 0 Å². The predicted octanol–water partition coefficient (Wildman–Crippen LogP) is 0.368. The van der Waals surface area contributed by atoms with E-state index in [9.17, 15) is 4.79 Å². The van der Waals surface area contributed by atoms with Gasteiger partial charge < -0.3 is 10.6 Å². The van der Waals surface area contributed by atoms with Crippen LogP contribution in [0.4, 0.5) is 0 Å². The molecule has 0 aromatic carbocycles. The molecule has 11 heavy (non-hydrogen) atoms. The van der Waals surface area contributed by atoms with Crippen LogP contribution in [0.3, 0.4) is 0 Å². The van der Waals surface area contributed by atoms with Crippen LogP contribution in [0, 0.1) is 0 Å². The van der Waals surface area contributed by atoms with Crippen molar-refractivity contribution in [3.63, 3.8) is 0 Å². The molecule has 2 N–H and O–H groups in total. The van der Waals surface area contributed by atoms with E-state index in [1.165, 1.54) is 6.08 Å². The molecule has 0 aromatic heterocycles. The molecule has 0 radical (unpaired) electrons. The smallest absolute Gasteiger partial charge is 0.241 e. The number of likely N-dealkylation sites (N-methyl/N-ethyl adjacent to an activating group) is 1. The first-order chi connectivity index (χ1) is 4.86. The Morgan fingerprint density at radius 1 is 1.45 bits per heavy atom. The van der Waals surface area contributed by atoms with Gasteiger partial charge in [0.15, 0.2) is 0 Å². The second-order valence-electron chi connectivity index (χ2n) is 3.28. The average Bonchev–Trinajstić information content (AvgIpc) is 1.84. The topological polar surface area (TPSA) is 46.3 Å². The molecule has 3 nitrogen and oxygen atoms in total. The van der Waals surface area contributed by atoms with Gasteiger partial charge in [-0.3, -0.25) is 4.79 Å². The van der Waals surface area contributed by atoms with Gasteiger partial charge in [0.2, 0.25) is 5.91 Å². The van der Waals surface area contributed by atoms with Gasteiger partial charge in [0.1, 0.15) is 0 Å². The van der Waals surface area contributed by atoms with Crippen molar-refractivity contribution in [1.29, 1.82) is 0 Å². The highest BCUT2D eigenvalue weighted by Gasteiger charge is 2.15. The largest absolute Gasteiger partial charge is 0.366 e. The standard InChI is InChI=1S/C8H16N2O/c1-8(2,10(3)4)6-5-7(9)11/h5-6H,1-4H3,(H2,9,11)/b6-5+. The highest BCUT2D eigenvalue weighted by Crippen LogP contribution is 2.10. The fraction of sp³-hybridized carbons (Fsp3) is 0.625. The van der Waals surface area contributed by atoms with E-state index in [-0.39, 0.29) is 5.54 Å². The molecule has 0 fully saturated rings. The molecule has 0 rings (SSSR count). The van der Waals surface area contributed by atoms with Crippen molar-refractivity contribution < 1.29 is 4.79 Å². The molecular weight excluding hydrogens is 140 g/mol.